The summed E-state index contributed by atoms with van der Waals surface area (Å²) >= 11 is 12.5. The van der Waals surface area contributed by atoms with Crippen molar-refractivity contribution in [2.75, 3.05) is 12.4 Å². The highest BCUT2D eigenvalue weighted by Crippen LogP contribution is 2.28. The first-order valence-corrected chi connectivity index (χ1v) is 11.3. The molecule has 1 aromatic rings. The van der Waals surface area contributed by atoms with Crippen molar-refractivity contribution in [1.29, 1.82) is 0 Å². The molecular weight excluding hydrogens is 433 g/mol. The Morgan fingerprint density at radius 3 is 2.52 bits per heavy atom. The molecule has 1 N–H and O–H groups in total. The second-order valence-electron chi connectivity index (χ2n) is 6.22. The van der Waals surface area contributed by atoms with Gasteiger partial charge in [0.05, 0.1) is 30.6 Å². The summed E-state index contributed by atoms with van der Waals surface area (Å²) in [6.45, 7) is 14.6. The standard InChI is InChI=1S/C19H21Cl2N3O2.C3H8.C2H6/c1-4-8-13(5-2)11-24-12-16(26-3)18(25)23-19(24)22-15-10-7-6-9-14(20)17(15)21;1-3-2;1-2/h5-8,10,12H,2,4,9,11H2,1,3H3,(H,22,23,25);3H2,1-2H3;1-2H3/b13-8+;;. The first kappa shape index (κ1) is 28.8. The van der Waals surface area contributed by atoms with Gasteiger partial charge < -0.3 is 14.6 Å². The third-order valence-corrected chi connectivity index (χ3v) is 4.55. The van der Waals surface area contributed by atoms with Crippen molar-refractivity contribution in [3.05, 3.63) is 74.8 Å². The summed E-state index contributed by atoms with van der Waals surface area (Å²) < 4.78 is 6.89. The maximum absolute atomic E-state index is 12.1. The number of ether oxygens (including phenoxy) is 1. The molecule has 0 bridgehead atoms. The van der Waals surface area contributed by atoms with Crippen LogP contribution in [0.5, 0.6) is 5.75 Å². The molecule has 0 aliphatic heterocycles. The minimum Gasteiger partial charge on any atom is -0.490 e. The van der Waals surface area contributed by atoms with E-state index in [4.69, 9.17) is 27.9 Å². The summed E-state index contributed by atoms with van der Waals surface area (Å²) in [7, 11) is 1.43. The molecule has 172 valence electrons. The van der Waals surface area contributed by atoms with Gasteiger partial charge in [0.15, 0.2) is 0 Å². The van der Waals surface area contributed by atoms with Crippen LogP contribution in [-0.4, -0.2) is 16.7 Å². The minimum atomic E-state index is -0.471. The normalized spacial score (nSPS) is 13.2. The van der Waals surface area contributed by atoms with Crippen LogP contribution in [0.1, 0.15) is 53.9 Å². The molecule has 1 aromatic heterocycles. The van der Waals surface area contributed by atoms with Gasteiger partial charge in [-0.2, -0.15) is 4.98 Å². The van der Waals surface area contributed by atoms with Crippen LogP contribution < -0.4 is 15.6 Å². The summed E-state index contributed by atoms with van der Waals surface area (Å²) in [4.78, 5) is 16.2. The number of rotatable bonds is 7. The Hall–Kier alpha value is -2.24. The molecule has 31 heavy (non-hydrogen) atoms. The van der Waals surface area contributed by atoms with E-state index in [0.717, 1.165) is 12.0 Å². The van der Waals surface area contributed by atoms with E-state index in [9.17, 15) is 4.79 Å². The molecule has 1 aliphatic rings. The van der Waals surface area contributed by atoms with E-state index in [-0.39, 0.29) is 5.75 Å². The van der Waals surface area contributed by atoms with Crippen molar-refractivity contribution in [1.82, 2.24) is 9.55 Å². The van der Waals surface area contributed by atoms with E-state index < -0.39 is 5.56 Å². The lowest BCUT2D eigenvalue weighted by molar-refractivity contribution is 0.402. The number of hydrogen-bond donors (Lipinski definition) is 1. The molecule has 0 amide bonds. The Bertz CT molecular complexity index is 881. The molecular formula is C24H35Cl2N3O2. The molecule has 0 unspecified atom stereocenters. The lowest BCUT2D eigenvalue weighted by atomic mass is 10.2. The predicted molar refractivity (Wildman–Crippen MR) is 135 cm³/mol. The van der Waals surface area contributed by atoms with E-state index in [2.05, 4.69) is 36.8 Å². The van der Waals surface area contributed by atoms with Gasteiger partial charge in [-0.1, -0.05) is 95.1 Å². The Morgan fingerprint density at radius 2 is 1.97 bits per heavy atom. The fourth-order valence-electron chi connectivity index (χ4n) is 2.37. The molecule has 1 aliphatic carbocycles. The lowest BCUT2D eigenvalue weighted by Crippen LogP contribution is -2.20. The summed E-state index contributed by atoms with van der Waals surface area (Å²) in [5, 5.41) is 4.01. The zero-order valence-electron chi connectivity index (χ0n) is 19.5. The van der Waals surface area contributed by atoms with E-state index >= 15 is 0 Å². The average molecular weight is 468 g/mol. The van der Waals surface area contributed by atoms with Gasteiger partial charge in [-0.15, -0.1) is 0 Å². The monoisotopic (exact) mass is 467 g/mol. The molecule has 7 heteroatoms. The maximum Gasteiger partial charge on any atom is 0.316 e. The van der Waals surface area contributed by atoms with E-state index in [1.165, 1.54) is 13.5 Å². The quantitative estimate of drug-likeness (QED) is 0.432. The third kappa shape index (κ3) is 9.62. The molecule has 1 heterocycles. The second-order valence-corrected chi connectivity index (χ2v) is 7.06. The Balaban J connectivity index is 0.00000165. The van der Waals surface area contributed by atoms with Crippen molar-refractivity contribution in [3.63, 3.8) is 0 Å². The summed E-state index contributed by atoms with van der Waals surface area (Å²) in [5.41, 5.74) is 1.09. The summed E-state index contributed by atoms with van der Waals surface area (Å²) in [6.07, 6.45) is 13.6. The number of aromatic nitrogens is 2. The number of nitrogens with one attached hydrogen (secondary N) is 1. The first-order chi connectivity index (χ1) is 14.9. The van der Waals surface area contributed by atoms with Crippen LogP contribution in [0.3, 0.4) is 0 Å². The van der Waals surface area contributed by atoms with Crippen LogP contribution in [-0.2, 0) is 6.54 Å². The highest BCUT2D eigenvalue weighted by molar-refractivity contribution is 6.41. The van der Waals surface area contributed by atoms with Crippen LogP contribution in [0.4, 0.5) is 5.95 Å². The van der Waals surface area contributed by atoms with Crippen molar-refractivity contribution >= 4 is 29.2 Å². The summed E-state index contributed by atoms with van der Waals surface area (Å²) in [5.74, 6) is 0.494. The Labute approximate surface area is 196 Å². The number of halogens is 2. The van der Waals surface area contributed by atoms with Gasteiger partial charge in [0, 0.05) is 11.5 Å². The number of anilines is 1. The van der Waals surface area contributed by atoms with Crippen LogP contribution in [0.15, 0.2) is 69.3 Å². The molecule has 0 aromatic carbocycles. The Morgan fingerprint density at radius 1 is 1.32 bits per heavy atom. The van der Waals surface area contributed by atoms with Gasteiger partial charge in [-0.25, -0.2) is 0 Å². The molecule has 0 atom stereocenters. The second kappa shape index (κ2) is 16.5. The number of nitrogens with zero attached hydrogens (tertiary/aromatic N) is 2. The fraction of sp³-hybridized carbons (Fsp3) is 0.417. The lowest BCUT2D eigenvalue weighted by Gasteiger charge is -2.17. The van der Waals surface area contributed by atoms with Gasteiger partial charge >= 0.3 is 5.56 Å². The van der Waals surface area contributed by atoms with Crippen molar-refractivity contribution in [2.45, 2.75) is 60.4 Å². The van der Waals surface area contributed by atoms with Crippen molar-refractivity contribution in [3.8, 4) is 5.75 Å². The van der Waals surface area contributed by atoms with Gasteiger partial charge in [0.2, 0.25) is 11.7 Å². The molecule has 0 saturated carbocycles. The van der Waals surface area contributed by atoms with Crippen LogP contribution in [0.25, 0.3) is 0 Å². The van der Waals surface area contributed by atoms with Gasteiger partial charge in [-0.3, -0.25) is 4.79 Å². The van der Waals surface area contributed by atoms with Gasteiger partial charge in [-0.05, 0) is 18.1 Å². The van der Waals surface area contributed by atoms with E-state index in [1.807, 2.05) is 32.9 Å². The smallest absolute Gasteiger partial charge is 0.316 e. The average Bonchev–Trinajstić information content (AvgIpc) is 2.92. The topological polar surface area (TPSA) is 56.2 Å². The highest BCUT2D eigenvalue weighted by atomic mass is 35.5. The fourth-order valence-corrected chi connectivity index (χ4v) is 2.74. The van der Waals surface area contributed by atoms with Gasteiger partial charge in [0.25, 0.3) is 0 Å². The molecule has 2 rings (SSSR count). The van der Waals surface area contributed by atoms with Crippen LogP contribution >= 0.6 is 23.2 Å². The SMILES string of the molecule is C=C/C(=C\CC)Cn1cc(OC)c(=O)nc1NC1=CC=CCC(Cl)=C1Cl.CC.CCC. The zero-order chi connectivity index (χ0) is 23.8. The molecule has 0 radical (unpaired) electrons. The Kier molecular flexibility index (Phi) is 15.3. The van der Waals surface area contributed by atoms with Crippen LogP contribution in [0.2, 0.25) is 0 Å². The number of methoxy groups -OCH3 is 1. The number of hydrogen-bond acceptors (Lipinski definition) is 4. The minimum absolute atomic E-state index is 0.157. The summed E-state index contributed by atoms with van der Waals surface area (Å²) in [6, 6.07) is 0. The molecule has 0 saturated heterocycles. The van der Waals surface area contributed by atoms with E-state index in [1.54, 1.807) is 22.9 Å². The zero-order valence-corrected chi connectivity index (χ0v) is 21.0. The highest BCUT2D eigenvalue weighted by Gasteiger charge is 2.15. The molecule has 5 nitrogen and oxygen atoms in total. The molecule has 0 fully saturated rings. The maximum atomic E-state index is 12.1. The van der Waals surface area contributed by atoms with Gasteiger partial charge in [0.1, 0.15) is 0 Å². The van der Waals surface area contributed by atoms with Crippen molar-refractivity contribution < 1.29 is 4.74 Å². The third-order valence-electron chi connectivity index (χ3n) is 3.68. The predicted octanol–water partition coefficient (Wildman–Crippen LogP) is 7.16. The van der Waals surface area contributed by atoms with E-state index in [0.29, 0.717) is 34.7 Å². The van der Waals surface area contributed by atoms with Crippen molar-refractivity contribution in [2.24, 2.45) is 0 Å². The van der Waals surface area contributed by atoms with Crippen LogP contribution in [0, 0.1) is 0 Å². The largest absolute Gasteiger partial charge is 0.490 e. The number of allylic oxidation sites excluding steroid dienone is 8. The molecule has 0 spiro atoms. The first-order valence-electron chi connectivity index (χ1n) is 10.6.